The van der Waals surface area contributed by atoms with E-state index in [1.807, 2.05) is 6.92 Å². The molecular weight excluding hydrogens is 196 g/mol. The fraction of sp³-hybridized carbons (Fsp3) is 0.455. The number of hydrogen-bond donors (Lipinski definition) is 0. The zero-order valence-electron chi connectivity index (χ0n) is 8.90. The Hall–Kier alpha value is -1.58. The van der Waals surface area contributed by atoms with E-state index in [0.29, 0.717) is 6.42 Å². The third-order valence-electron chi connectivity index (χ3n) is 1.81. The number of rotatable bonds is 7. The number of unbranched alkanes of at least 4 members (excludes halogenated alkanes) is 1. The van der Waals surface area contributed by atoms with Gasteiger partial charge in [0.1, 0.15) is 0 Å². The van der Waals surface area contributed by atoms with Gasteiger partial charge in [0, 0.05) is 0 Å². The van der Waals surface area contributed by atoms with E-state index in [-0.39, 0.29) is 0 Å². The van der Waals surface area contributed by atoms with Gasteiger partial charge in [0.15, 0.2) is 5.92 Å². The van der Waals surface area contributed by atoms with Gasteiger partial charge in [-0.15, -0.1) is 0 Å². The molecule has 0 saturated carbocycles. The smallest absolute Gasteiger partial charge is 0.325 e. The van der Waals surface area contributed by atoms with Crippen LogP contribution in [-0.4, -0.2) is 11.9 Å². The van der Waals surface area contributed by atoms with Crippen LogP contribution in [0.3, 0.4) is 0 Å². The van der Waals surface area contributed by atoms with Crippen LogP contribution in [-0.2, 0) is 19.1 Å². The molecule has 0 aliphatic heterocycles. The average molecular weight is 212 g/mol. The zero-order chi connectivity index (χ0) is 11.7. The first-order chi connectivity index (χ1) is 7.17. The molecule has 0 aliphatic rings. The van der Waals surface area contributed by atoms with E-state index in [1.165, 1.54) is 0 Å². The molecule has 0 aromatic heterocycles. The van der Waals surface area contributed by atoms with Crippen LogP contribution >= 0.6 is 0 Å². The largest absolute Gasteiger partial charge is 0.434 e. The highest BCUT2D eigenvalue weighted by Gasteiger charge is 2.28. The summed E-state index contributed by atoms with van der Waals surface area (Å²) in [6, 6.07) is 0. The van der Waals surface area contributed by atoms with Gasteiger partial charge >= 0.3 is 11.9 Å². The third-order valence-corrected chi connectivity index (χ3v) is 1.81. The topological polar surface area (TPSA) is 52.6 Å². The summed E-state index contributed by atoms with van der Waals surface area (Å²) in [6.07, 6.45) is 4.06. The molecule has 0 spiro atoms. The van der Waals surface area contributed by atoms with Crippen LogP contribution in [0.2, 0.25) is 0 Å². The lowest BCUT2D eigenvalue weighted by atomic mass is 10.0. The summed E-state index contributed by atoms with van der Waals surface area (Å²) in [7, 11) is 0. The van der Waals surface area contributed by atoms with E-state index >= 15 is 0 Å². The van der Waals surface area contributed by atoms with Gasteiger partial charge in [0.2, 0.25) is 0 Å². The fourth-order valence-electron chi connectivity index (χ4n) is 1.07. The first-order valence-corrected chi connectivity index (χ1v) is 4.80. The number of carbonyl (C=O) groups excluding carboxylic acids is 2. The van der Waals surface area contributed by atoms with Crippen molar-refractivity contribution in [1.29, 1.82) is 0 Å². The molecule has 0 saturated heterocycles. The summed E-state index contributed by atoms with van der Waals surface area (Å²) in [5.41, 5.74) is 0. The summed E-state index contributed by atoms with van der Waals surface area (Å²) in [6.45, 7) is 8.47. The lowest BCUT2D eigenvalue weighted by Gasteiger charge is -2.11. The number of ether oxygens (including phenoxy) is 2. The van der Waals surface area contributed by atoms with Crippen molar-refractivity contribution < 1.29 is 19.1 Å². The van der Waals surface area contributed by atoms with Crippen LogP contribution in [0, 0.1) is 5.92 Å². The molecule has 0 N–H and O–H groups in total. The van der Waals surface area contributed by atoms with Crippen LogP contribution < -0.4 is 0 Å². The van der Waals surface area contributed by atoms with E-state index in [9.17, 15) is 9.59 Å². The lowest BCUT2D eigenvalue weighted by Crippen LogP contribution is -2.25. The number of esters is 2. The molecule has 0 unspecified atom stereocenters. The van der Waals surface area contributed by atoms with Crippen molar-refractivity contribution in [3.8, 4) is 0 Å². The molecule has 0 radical (unpaired) electrons. The minimum atomic E-state index is -0.888. The van der Waals surface area contributed by atoms with Gasteiger partial charge in [0.25, 0.3) is 0 Å². The molecule has 0 aliphatic carbocycles. The maximum atomic E-state index is 11.3. The van der Waals surface area contributed by atoms with Gasteiger partial charge in [-0.25, -0.2) is 0 Å². The molecule has 0 aromatic carbocycles. The SMILES string of the molecule is C=COC(=O)C(CCCC)C(=O)OC=C. The average Bonchev–Trinajstić information content (AvgIpc) is 2.19. The Morgan fingerprint density at radius 1 is 1.20 bits per heavy atom. The third kappa shape index (κ3) is 5.00. The molecule has 84 valence electrons. The molecule has 4 nitrogen and oxygen atoms in total. The fourth-order valence-corrected chi connectivity index (χ4v) is 1.07. The number of hydrogen-bond acceptors (Lipinski definition) is 4. The monoisotopic (exact) mass is 212 g/mol. The van der Waals surface area contributed by atoms with Crippen LogP contribution in [0.4, 0.5) is 0 Å². The highest BCUT2D eigenvalue weighted by Crippen LogP contribution is 2.13. The summed E-state index contributed by atoms with van der Waals surface area (Å²) < 4.78 is 9.12. The molecule has 4 heteroatoms. The summed E-state index contributed by atoms with van der Waals surface area (Å²) in [4.78, 5) is 22.7. The Kier molecular flexibility index (Phi) is 6.97. The van der Waals surface area contributed by atoms with Crippen LogP contribution in [0.25, 0.3) is 0 Å². The Morgan fingerprint density at radius 3 is 2.00 bits per heavy atom. The highest BCUT2D eigenvalue weighted by molar-refractivity contribution is 5.95. The summed E-state index contributed by atoms with van der Waals surface area (Å²) in [5.74, 6) is -2.16. The first-order valence-electron chi connectivity index (χ1n) is 4.80. The van der Waals surface area contributed by atoms with Gasteiger partial charge in [-0.1, -0.05) is 32.9 Å². The molecule has 0 aromatic rings. The van der Waals surface area contributed by atoms with Crippen molar-refractivity contribution in [3.63, 3.8) is 0 Å². The minimum absolute atomic E-state index is 0.413. The van der Waals surface area contributed by atoms with Crippen molar-refractivity contribution in [3.05, 3.63) is 25.7 Å². The predicted octanol–water partition coefficient (Wildman–Crippen LogP) is 2.17. The second-order valence-electron chi connectivity index (χ2n) is 2.90. The Balaban J connectivity index is 4.40. The molecule has 0 heterocycles. The second-order valence-corrected chi connectivity index (χ2v) is 2.90. The van der Waals surface area contributed by atoms with Gasteiger partial charge in [-0.3, -0.25) is 9.59 Å². The second kappa shape index (κ2) is 7.79. The normalized spacial score (nSPS) is 9.47. The number of carbonyl (C=O) groups is 2. The van der Waals surface area contributed by atoms with Crippen LogP contribution in [0.15, 0.2) is 25.7 Å². The van der Waals surface area contributed by atoms with Gasteiger partial charge < -0.3 is 9.47 Å². The van der Waals surface area contributed by atoms with E-state index < -0.39 is 17.9 Å². The summed E-state index contributed by atoms with van der Waals surface area (Å²) in [5, 5.41) is 0. The van der Waals surface area contributed by atoms with Crippen molar-refractivity contribution in [1.82, 2.24) is 0 Å². The molecule has 0 atom stereocenters. The maximum absolute atomic E-state index is 11.3. The molecule has 0 amide bonds. The highest BCUT2D eigenvalue weighted by atomic mass is 16.5. The van der Waals surface area contributed by atoms with E-state index in [2.05, 4.69) is 22.6 Å². The standard InChI is InChI=1S/C11H16O4/c1-4-7-8-9(10(12)14-5-2)11(13)15-6-3/h5-6,9H,2-4,7-8H2,1H3. The lowest BCUT2D eigenvalue weighted by molar-refractivity contribution is -0.155. The molecular formula is C11H16O4. The van der Waals surface area contributed by atoms with Crippen molar-refractivity contribution >= 4 is 11.9 Å². The predicted molar refractivity (Wildman–Crippen MR) is 55.6 cm³/mol. The van der Waals surface area contributed by atoms with Gasteiger partial charge in [-0.05, 0) is 6.42 Å². The zero-order valence-corrected chi connectivity index (χ0v) is 8.90. The van der Waals surface area contributed by atoms with Crippen LogP contribution in [0.5, 0.6) is 0 Å². The molecule has 15 heavy (non-hydrogen) atoms. The Morgan fingerprint density at radius 2 is 1.67 bits per heavy atom. The molecule has 0 bridgehead atoms. The van der Waals surface area contributed by atoms with Crippen molar-refractivity contribution in [2.45, 2.75) is 26.2 Å². The van der Waals surface area contributed by atoms with Gasteiger partial charge in [0.05, 0.1) is 12.5 Å². The van der Waals surface area contributed by atoms with E-state index in [0.717, 1.165) is 25.4 Å². The molecule has 0 fully saturated rings. The van der Waals surface area contributed by atoms with Crippen LogP contribution in [0.1, 0.15) is 26.2 Å². The van der Waals surface area contributed by atoms with Crippen molar-refractivity contribution in [2.75, 3.05) is 0 Å². The van der Waals surface area contributed by atoms with E-state index in [1.54, 1.807) is 0 Å². The Bertz CT molecular complexity index is 223. The Labute approximate surface area is 89.6 Å². The maximum Gasteiger partial charge on any atom is 0.325 e. The van der Waals surface area contributed by atoms with Gasteiger partial charge in [-0.2, -0.15) is 0 Å². The van der Waals surface area contributed by atoms with Crippen molar-refractivity contribution in [2.24, 2.45) is 5.92 Å². The quantitative estimate of drug-likeness (QED) is 0.368. The summed E-state index contributed by atoms with van der Waals surface area (Å²) >= 11 is 0. The minimum Gasteiger partial charge on any atom is -0.434 e. The van der Waals surface area contributed by atoms with E-state index in [4.69, 9.17) is 0 Å². The molecule has 0 rings (SSSR count). The first kappa shape index (κ1) is 13.4.